The molecular weight excluding hydrogens is 290 g/mol. The Kier molecular flexibility index (Phi) is 5.22. The first kappa shape index (κ1) is 15.8. The third-order valence-electron chi connectivity index (χ3n) is 3.27. The summed E-state index contributed by atoms with van der Waals surface area (Å²) in [5.74, 6) is 0. The van der Waals surface area contributed by atoms with Crippen LogP contribution in [0.2, 0.25) is 0 Å². The number of benzene rings is 1. The van der Waals surface area contributed by atoms with Crippen molar-refractivity contribution in [3.05, 3.63) is 24.4 Å². The van der Waals surface area contributed by atoms with Gasteiger partial charge in [-0.15, -0.1) is 0 Å². The summed E-state index contributed by atoms with van der Waals surface area (Å²) in [7, 11) is -1.84. The van der Waals surface area contributed by atoms with E-state index >= 15 is 0 Å². The number of aromatic amines is 1. The summed E-state index contributed by atoms with van der Waals surface area (Å²) in [6.07, 6.45) is 4.15. The van der Waals surface area contributed by atoms with Crippen LogP contribution in [-0.4, -0.2) is 33.7 Å². The van der Waals surface area contributed by atoms with Crippen molar-refractivity contribution in [3.63, 3.8) is 0 Å². The van der Waals surface area contributed by atoms with E-state index in [-0.39, 0.29) is 4.90 Å². The van der Waals surface area contributed by atoms with E-state index in [0.29, 0.717) is 24.2 Å². The predicted molar refractivity (Wildman–Crippen MR) is 83.6 cm³/mol. The Morgan fingerprint density at radius 3 is 2.86 bits per heavy atom. The first-order chi connectivity index (χ1) is 10.0. The highest BCUT2D eigenvalue weighted by Gasteiger charge is 2.18. The van der Waals surface area contributed by atoms with Crippen LogP contribution in [-0.2, 0) is 14.8 Å². The van der Waals surface area contributed by atoms with Crippen LogP contribution in [0.15, 0.2) is 29.3 Å². The largest absolute Gasteiger partial charge is 0.399 e. The summed E-state index contributed by atoms with van der Waals surface area (Å²) >= 11 is 0. The fourth-order valence-electron chi connectivity index (χ4n) is 2.17. The lowest BCUT2D eigenvalue weighted by Gasteiger charge is -2.06. The Morgan fingerprint density at radius 2 is 2.10 bits per heavy atom. The molecule has 0 bridgehead atoms. The summed E-state index contributed by atoms with van der Waals surface area (Å²) in [6.45, 7) is 1.13. The van der Waals surface area contributed by atoms with Crippen molar-refractivity contribution in [1.82, 2.24) is 9.71 Å². The topological polar surface area (TPSA) is 97.2 Å². The van der Waals surface area contributed by atoms with Crippen molar-refractivity contribution in [2.75, 3.05) is 26.0 Å². The number of H-pyrrole nitrogens is 1. The van der Waals surface area contributed by atoms with Gasteiger partial charge in [0.05, 0.1) is 0 Å². The summed E-state index contributed by atoms with van der Waals surface area (Å²) in [5, 5.41) is 0.649. The fourth-order valence-corrected chi connectivity index (χ4v) is 3.42. The molecule has 7 heteroatoms. The smallest absolute Gasteiger partial charge is 0.242 e. The molecule has 0 fully saturated rings. The Bertz CT molecular complexity index is 695. The van der Waals surface area contributed by atoms with Gasteiger partial charge < -0.3 is 15.5 Å². The number of hydrogen-bond acceptors (Lipinski definition) is 4. The van der Waals surface area contributed by atoms with Gasteiger partial charge in [-0.3, -0.25) is 0 Å². The van der Waals surface area contributed by atoms with E-state index in [2.05, 4.69) is 9.71 Å². The minimum absolute atomic E-state index is 0.259. The Labute approximate surface area is 124 Å². The van der Waals surface area contributed by atoms with Crippen molar-refractivity contribution < 1.29 is 13.2 Å². The molecule has 0 aliphatic heterocycles. The van der Waals surface area contributed by atoms with E-state index in [1.807, 2.05) is 0 Å². The van der Waals surface area contributed by atoms with Gasteiger partial charge in [-0.1, -0.05) is 0 Å². The maximum absolute atomic E-state index is 12.3. The maximum atomic E-state index is 12.3. The van der Waals surface area contributed by atoms with E-state index in [1.165, 1.54) is 6.20 Å². The van der Waals surface area contributed by atoms with Gasteiger partial charge in [0.1, 0.15) is 4.90 Å². The molecule has 1 aromatic carbocycles. The van der Waals surface area contributed by atoms with Gasteiger partial charge in [0.15, 0.2) is 0 Å². The number of rotatable bonds is 8. The van der Waals surface area contributed by atoms with Crippen molar-refractivity contribution >= 4 is 26.6 Å². The van der Waals surface area contributed by atoms with Crippen molar-refractivity contribution in [2.45, 2.75) is 24.2 Å². The first-order valence-electron chi connectivity index (χ1n) is 6.90. The van der Waals surface area contributed by atoms with Gasteiger partial charge in [0.2, 0.25) is 10.0 Å². The molecule has 6 nitrogen and oxygen atoms in total. The average molecular weight is 311 g/mol. The number of hydrogen-bond donors (Lipinski definition) is 3. The first-order valence-corrected chi connectivity index (χ1v) is 8.38. The van der Waals surface area contributed by atoms with E-state index in [0.717, 1.165) is 24.8 Å². The standard InChI is InChI=1S/C14H21N3O3S/c1-20-8-4-2-3-7-17-21(18,19)14-10-16-13-9-11(15)5-6-12(13)14/h5-6,9-10,16-17H,2-4,7-8,15H2,1H3. The number of ether oxygens (including phenoxy) is 1. The zero-order chi connectivity index (χ0) is 15.3. The van der Waals surface area contributed by atoms with Crippen molar-refractivity contribution in [3.8, 4) is 0 Å². The molecular formula is C14H21N3O3S. The predicted octanol–water partition coefficient (Wildman–Crippen LogP) is 1.85. The lowest BCUT2D eigenvalue weighted by atomic mass is 10.2. The number of sulfonamides is 1. The van der Waals surface area contributed by atoms with E-state index in [9.17, 15) is 8.42 Å². The summed E-state index contributed by atoms with van der Waals surface area (Å²) in [6, 6.07) is 5.13. The van der Waals surface area contributed by atoms with Crippen LogP contribution in [0.25, 0.3) is 10.9 Å². The zero-order valence-electron chi connectivity index (χ0n) is 12.1. The number of nitrogen functional groups attached to an aromatic ring is 1. The molecule has 4 N–H and O–H groups in total. The number of nitrogens with one attached hydrogen (secondary N) is 2. The highest BCUT2D eigenvalue weighted by atomic mass is 32.2. The molecule has 0 amide bonds. The normalized spacial score (nSPS) is 12.0. The van der Waals surface area contributed by atoms with Crippen LogP contribution < -0.4 is 10.5 Å². The number of aromatic nitrogens is 1. The molecule has 1 heterocycles. The highest BCUT2D eigenvalue weighted by molar-refractivity contribution is 7.89. The van der Waals surface area contributed by atoms with Crippen LogP contribution in [0.4, 0.5) is 5.69 Å². The second-order valence-corrected chi connectivity index (χ2v) is 6.64. The Hall–Kier alpha value is -1.57. The zero-order valence-corrected chi connectivity index (χ0v) is 12.9. The molecule has 0 saturated carbocycles. The van der Waals surface area contributed by atoms with Gasteiger partial charge in [-0.2, -0.15) is 0 Å². The summed E-state index contributed by atoms with van der Waals surface area (Å²) < 4.78 is 32.2. The van der Waals surface area contributed by atoms with E-state index < -0.39 is 10.0 Å². The lowest BCUT2D eigenvalue weighted by Crippen LogP contribution is -2.24. The quantitative estimate of drug-likeness (QED) is 0.512. The summed E-state index contributed by atoms with van der Waals surface area (Å²) in [5.41, 5.74) is 7.00. The average Bonchev–Trinajstić information content (AvgIpc) is 2.86. The third kappa shape index (κ3) is 3.96. The minimum atomic E-state index is -3.50. The van der Waals surface area contributed by atoms with Crippen LogP contribution in [0, 0.1) is 0 Å². The second-order valence-electron chi connectivity index (χ2n) is 4.91. The van der Waals surface area contributed by atoms with Gasteiger partial charge in [-0.05, 0) is 37.5 Å². The number of nitrogens with two attached hydrogens (primary N) is 1. The number of unbranched alkanes of at least 4 members (excludes halogenated alkanes) is 2. The SMILES string of the molecule is COCCCCCNS(=O)(=O)c1c[nH]c2cc(N)ccc12. The lowest BCUT2D eigenvalue weighted by molar-refractivity contribution is 0.192. The molecule has 0 spiro atoms. The molecule has 0 radical (unpaired) electrons. The molecule has 0 atom stereocenters. The Balaban J connectivity index is 2.01. The van der Waals surface area contributed by atoms with Crippen molar-refractivity contribution in [1.29, 1.82) is 0 Å². The molecule has 0 aliphatic rings. The molecule has 0 unspecified atom stereocenters. The molecule has 21 heavy (non-hydrogen) atoms. The van der Waals surface area contributed by atoms with Crippen LogP contribution in [0.5, 0.6) is 0 Å². The van der Waals surface area contributed by atoms with E-state index in [1.54, 1.807) is 25.3 Å². The molecule has 0 saturated heterocycles. The van der Waals surface area contributed by atoms with Crippen LogP contribution >= 0.6 is 0 Å². The monoisotopic (exact) mass is 311 g/mol. The van der Waals surface area contributed by atoms with Crippen LogP contribution in [0.3, 0.4) is 0 Å². The molecule has 1 aromatic heterocycles. The molecule has 0 aliphatic carbocycles. The van der Waals surface area contributed by atoms with E-state index in [4.69, 9.17) is 10.5 Å². The Morgan fingerprint density at radius 1 is 1.29 bits per heavy atom. The minimum Gasteiger partial charge on any atom is -0.399 e. The summed E-state index contributed by atoms with van der Waals surface area (Å²) in [4.78, 5) is 3.20. The van der Waals surface area contributed by atoms with Gasteiger partial charge >= 0.3 is 0 Å². The van der Waals surface area contributed by atoms with Gasteiger partial charge in [-0.25, -0.2) is 13.1 Å². The van der Waals surface area contributed by atoms with Gasteiger partial charge in [0.25, 0.3) is 0 Å². The fraction of sp³-hybridized carbons (Fsp3) is 0.429. The molecule has 116 valence electrons. The van der Waals surface area contributed by atoms with Crippen molar-refractivity contribution in [2.24, 2.45) is 0 Å². The third-order valence-corrected chi connectivity index (χ3v) is 4.78. The van der Waals surface area contributed by atoms with Crippen LogP contribution in [0.1, 0.15) is 19.3 Å². The highest BCUT2D eigenvalue weighted by Crippen LogP contribution is 2.24. The number of methoxy groups -OCH3 is 1. The second kappa shape index (κ2) is 6.93. The number of anilines is 1. The number of fused-ring (bicyclic) bond motifs is 1. The molecule has 2 rings (SSSR count). The van der Waals surface area contributed by atoms with Gasteiger partial charge in [0, 0.05) is 43.0 Å². The molecule has 2 aromatic rings. The maximum Gasteiger partial charge on any atom is 0.242 e.